The highest BCUT2D eigenvalue weighted by Gasteiger charge is 2.59. The number of fused-ring (bicyclic) bond motifs is 1. The minimum atomic E-state index is -0.244. The Labute approximate surface area is 132 Å². The summed E-state index contributed by atoms with van der Waals surface area (Å²) in [7, 11) is -0.0959. The second-order valence-corrected chi connectivity index (χ2v) is 7.59. The smallest absolute Gasteiger partial charge is 0.403 e. The number of para-hydroxylation sites is 1. The van der Waals surface area contributed by atoms with Crippen LogP contribution in [0.2, 0.25) is 5.82 Å². The summed E-state index contributed by atoms with van der Waals surface area (Å²) >= 11 is 0. The monoisotopic (exact) mass is 295 g/mol. The summed E-state index contributed by atoms with van der Waals surface area (Å²) in [5, 5.41) is 1.21. The van der Waals surface area contributed by atoms with Crippen LogP contribution in [0, 0.1) is 0 Å². The van der Waals surface area contributed by atoms with Crippen molar-refractivity contribution in [3.05, 3.63) is 42.1 Å². The van der Waals surface area contributed by atoms with Crippen molar-refractivity contribution >= 4 is 18.0 Å². The van der Waals surface area contributed by atoms with Gasteiger partial charge >= 0.3 is 7.12 Å². The third kappa shape index (κ3) is 2.17. The lowest BCUT2D eigenvalue weighted by molar-refractivity contribution is 0.00578. The molecule has 4 rings (SSSR count). The van der Waals surface area contributed by atoms with Crippen molar-refractivity contribution < 1.29 is 9.31 Å². The molecule has 1 saturated heterocycles. The molecule has 0 radical (unpaired) electrons. The summed E-state index contributed by atoms with van der Waals surface area (Å²) in [6.07, 6.45) is 3.13. The normalized spacial score (nSPS) is 29.0. The average Bonchev–Trinajstić information content (AvgIpc) is 3.22. The lowest BCUT2D eigenvalue weighted by Crippen LogP contribution is -2.41. The van der Waals surface area contributed by atoms with Crippen molar-refractivity contribution in [3.63, 3.8) is 0 Å². The minimum absolute atomic E-state index is 0.0959. The van der Waals surface area contributed by atoms with E-state index in [1.165, 1.54) is 10.9 Å². The highest BCUT2D eigenvalue weighted by molar-refractivity contribution is 6.49. The van der Waals surface area contributed by atoms with Gasteiger partial charge in [-0.1, -0.05) is 18.2 Å². The van der Waals surface area contributed by atoms with E-state index < -0.39 is 0 Å². The first-order valence-electron chi connectivity index (χ1n) is 8.08. The van der Waals surface area contributed by atoms with Crippen LogP contribution in [0.1, 0.15) is 45.6 Å². The van der Waals surface area contributed by atoms with Gasteiger partial charge in [0.15, 0.2) is 0 Å². The van der Waals surface area contributed by atoms with Crippen molar-refractivity contribution in [2.75, 3.05) is 0 Å². The molecule has 2 atom stereocenters. The first-order chi connectivity index (χ1) is 10.4. The van der Waals surface area contributed by atoms with Crippen LogP contribution in [0.25, 0.3) is 10.9 Å². The predicted molar refractivity (Wildman–Crippen MR) is 88.9 cm³/mol. The molecule has 4 heteroatoms. The third-order valence-corrected chi connectivity index (χ3v) is 5.50. The fraction of sp³-hybridized carbons (Fsp3) is 0.500. The molecule has 114 valence electrons. The Morgan fingerprint density at radius 2 is 1.77 bits per heavy atom. The van der Waals surface area contributed by atoms with Crippen LogP contribution in [-0.4, -0.2) is 23.3 Å². The molecule has 0 bridgehead atoms. The number of aromatic nitrogens is 1. The molecule has 1 aliphatic heterocycles. The van der Waals surface area contributed by atoms with Crippen LogP contribution in [0.4, 0.5) is 0 Å². The van der Waals surface area contributed by atoms with Crippen LogP contribution in [-0.2, 0) is 9.31 Å². The zero-order chi connectivity index (χ0) is 15.5. The zero-order valence-electron chi connectivity index (χ0n) is 13.7. The molecule has 22 heavy (non-hydrogen) atoms. The molecular formula is C18H22BNO2. The fourth-order valence-corrected chi connectivity index (χ4v) is 3.25. The van der Waals surface area contributed by atoms with Crippen molar-refractivity contribution in [3.8, 4) is 0 Å². The van der Waals surface area contributed by atoms with E-state index in [4.69, 9.17) is 9.31 Å². The van der Waals surface area contributed by atoms with Crippen molar-refractivity contribution in [2.45, 2.75) is 57.1 Å². The molecule has 1 saturated carbocycles. The molecule has 1 aliphatic carbocycles. The Morgan fingerprint density at radius 1 is 1.09 bits per heavy atom. The van der Waals surface area contributed by atoms with E-state index in [-0.39, 0.29) is 18.3 Å². The van der Waals surface area contributed by atoms with Crippen LogP contribution < -0.4 is 0 Å². The largest absolute Gasteiger partial charge is 0.461 e. The van der Waals surface area contributed by atoms with Crippen LogP contribution in [0.15, 0.2) is 36.5 Å². The van der Waals surface area contributed by atoms with Gasteiger partial charge in [0, 0.05) is 17.4 Å². The van der Waals surface area contributed by atoms with E-state index in [9.17, 15) is 0 Å². The van der Waals surface area contributed by atoms with Gasteiger partial charge in [0.05, 0.1) is 16.7 Å². The summed E-state index contributed by atoms with van der Waals surface area (Å²) in [6.45, 7) is 8.45. The van der Waals surface area contributed by atoms with Crippen LogP contribution >= 0.6 is 0 Å². The fourth-order valence-electron chi connectivity index (χ4n) is 3.25. The molecule has 1 aromatic carbocycles. The Morgan fingerprint density at radius 3 is 2.50 bits per heavy atom. The topological polar surface area (TPSA) is 31.4 Å². The van der Waals surface area contributed by atoms with Crippen molar-refractivity contribution in [1.29, 1.82) is 0 Å². The lowest BCUT2D eigenvalue weighted by atomic mass is 9.80. The summed E-state index contributed by atoms with van der Waals surface area (Å²) in [5.41, 5.74) is 1.87. The maximum atomic E-state index is 6.18. The van der Waals surface area contributed by atoms with Gasteiger partial charge < -0.3 is 9.31 Å². The number of rotatable bonds is 2. The SMILES string of the molecule is CC1(C)OB([C@H]2C[C@@H]2c2cnc3ccccc3c2)OC1(C)C. The molecule has 1 aromatic heterocycles. The number of hydrogen-bond acceptors (Lipinski definition) is 3. The number of hydrogen-bond donors (Lipinski definition) is 0. The van der Waals surface area contributed by atoms with Crippen LogP contribution in [0.5, 0.6) is 0 Å². The summed E-state index contributed by atoms with van der Waals surface area (Å²) in [6, 6.07) is 10.5. The highest BCUT2D eigenvalue weighted by atomic mass is 16.7. The predicted octanol–water partition coefficient (Wildman–Crippen LogP) is 4.18. The molecule has 0 amide bonds. The van der Waals surface area contributed by atoms with Gasteiger partial charge in [-0.25, -0.2) is 0 Å². The maximum Gasteiger partial charge on any atom is 0.461 e. The average molecular weight is 295 g/mol. The molecule has 3 nitrogen and oxygen atoms in total. The Bertz CT molecular complexity index is 712. The molecular weight excluding hydrogens is 273 g/mol. The Kier molecular flexibility index (Phi) is 2.95. The van der Waals surface area contributed by atoms with E-state index in [0.29, 0.717) is 11.7 Å². The number of nitrogens with zero attached hydrogens (tertiary/aromatic N) is 1. The Balaban J connectivity index is 1.54. The van der Waals surface area contributed by atoms with Gasteiger partial charge in [-0.15, -0.1) is 0 Å². The molecule has 2 fully saturated rings. The van der Waals surface area contributed by atoms with E-state index in [2.05, 4.69) is 56.9 Å². The molecule has 0 spiro atoms. The van der Waals surface area contributed by atoms with E-state index in [0.717, 1.165) is 11.9 Å². The third-order valence-electron chi connectivity index (χ3n) is 5.50. The second-order valence-electron chi connectivity index (χ2n) is 7.59. The summed E-state index contributed by atoms with van der Waals surface area (Å²) in [4.78, 5) is 4.58. The van der Waals surface area contributed by atoms with Crippen LogP contribution in [0.3, 0.4) is 0 Å². The molecule has 0 unspecified atom stereocenters. The van der Waals surface area contributed by atoms with Gasteiger partial charge in [-0.3, -0.25) is 4.98 Å². The molecule has 2 aliphatic rings. The van der Waals surface area contributed by atoms with Crippen molar-refractivity contribution in [2.24, 2.45) is 0 Å². The van der Waals surface area contributed by atoms with Gasteiger partial charge in [-0.2, -0.15) is 0 Å². The number of pyridine rings is 1. The summed E-state index contributed by atoms with van der Waals surface area (Å²) < 4.78 is 12.4. The molecule has 2 heterocycles. The van der Waals surface area contributed by atoms with Crippen molar-refractivity contribution in [1.82, 2.24) is 4.98 Å². The van der Waals surface area contributed by atoms with E-state index in [1.54, 1.807) is 0 Å². The standard InChI is InChI=1S/C18H22BNO2/c1-17(2)18(3,4)22-19(21-17)15-10-14(15)13-9-12-7-5-6-8-16(12)20-11-13/h5-9,11,14-15H,10H2,1-4H3/t14-,15+/m1/s1. The minimum Gasteiger partial charge on any atom is -0.403 e. The van der Waals surface area contributed by atoms with Gasteiger partial charge in [0.1, 0.15) is 0 Å². The molecule has 2 aromatic rings. The molecule has 0 N–H and O–H groups in total. The zero-order valence-corrected chi connectivity index (χ0v) is 13.7. The summed E-state index contributed by atoms with van der Waals surface area (Å²) in [5.74, 6) is 0.954. The maximum absolute atomic E-state index is 6.18. The quantitative estimate of drug-likeness (QED) is 0.779. The van der Waals surface area contributed by atoms with Gasteiger partial charge in [0.25, 0.3) is 0 Å². The highest BCUT2D eigenvalue weighted by Crippen LogP contribution is 2.58. The lowest BCUT2D eigenvalue weighted by Gasteiger charge is -2.32. The van der Waals surface area contributed by atoms with E-state index in [1.807, 2.05) is 12.3 Å². The van der Waals surface area contributed by atoms with Gasteiger partial charge in [0.2, 0.25) is 0 Å². The first-order valence-corrected chi connectivity index (χ1v) is 8.08. The Hall–Kier alpha value is -1.39. The van der Waals surface area contributed by atoms with E-state index >= 15 is 0 Å². The first kappa shape index (κ1) is 14.2. The number of benzene rings is 1. The second kappa shape index (κ2) is 4.56. The van der Waals surface area contributed by atoms with Gasteiger partial charge in [-0.05, 0) is 57.7 Å².